The van der Waals surface area contributed by atoms with Crippen LogP contribution in [0.5, 0.6) is 5.75 Å². The average Bonchev–Trinajstić information content (AvgIpc) is 2.98. The number of benzene rings is 2. The minimum absolute atomic E-state index is 0.00168. The van der Waals surface area contributed by atoms with Gasteiger partial charge in [0, 0.05) is 12.1 Å². The second-order valence-electron chi connectivity index (χ2n) is 6.43. The molecule has 0 spiro atoms. The molecule has 3 rings (SSSR count). The number of primary sulfonamides is 1. The van der Waals surface area contributed by atoms with Gasteiger partial charge in [-0.15, -0.1) is 0 Å². The highest BCUT2D eigenvalue weighted by atomic mass is 32.2. The summed E-state index contributed by atoms with van der Waals surface area (Å²) in [4.78, 5) is 26.5. The number of nitrogens with zero attached hydrogens (tertiary/aromatic N) is 1. The fourth-order valence-electron chi connectivity index (χ4n) is 3.24. The third-order valence-corrected chi connectivity index (χ3v) is 5.63. The normalized spacial score (nSPS) is 17.0. The van der Waals surface area contributed by atoms with Crippen LogP contribution in [0.1, 0.15) is 24.9 Å². The molecule has 0 bridgehead atoms. The molecule has 1 unspecified atom stereocenters. The first-order chi connectivity index (χ1) is 13.7. The van der Waals surface area contributed by atoms with Crippen molar-refractivity contribution in [1.29, 1.82) is 0 Å². The highest BCUT2D eigenvalue weighted by Gasteiger charge is 2.43. The number of sulfonamides is 1. The maximum Gasteiger partial charge on any atom is 0.294 e. The van der Waals surface area contributed by atoms with Crippen LogP contribution in [0.25, 0.3) is 0 Å². The van der Waals surface area contributed by atoms with E-state index in [9.17, 15) is 23.1 Å². The van der Waals surface area contributed by atoms with Crippen molar-refractivity contribution in [2.45, 2.75) is 24.3 Å². The van der Waals surface area contributed by atoms with Gasteiger partial charge in [0.1, 0.15) is 5.75 Å². The van der Waals surface area contributed by atoms with Crippen molar-refractivity contribution < 1.29 is 27.9 Å². The number of carbonyl (C=O) groups excluding carboxylic acids is 2. The first kappa shape index (κ1) is 20.6. The standard InChI is InChI=1S/C20H20N2O6S/c1-3-16(23)17-18(12-4-8-14(28-2)9-5-12)22(20(25)19(17)24)13-6-10-15(11-7-13)29(21,26)27/h4-11,18,24H,3H2,1-2H3,(H2,21,26,27). The summed E-state index contributed by atoms with van der Waals surface area (Å²) in [5.74, 6) is -1.13. The average molecular weight is 416 g/mol. The molecular weight excluding hydrogens is 396 g/mol. The van der Waals surface area contributed by atoms with Crippen molar-refractivity contribution in [2.75, 3.05) is 12.0 Å². The van der Waals surface area contributed by atoms with Crippen LogP contribution in [-0.2, 0) is 19.6 Å². The highest BCUT2D eigenvalue weighted by Crippen LogP contribution is 2.41. The lowest BCUT2D eigenvalue weighted by Gasteiger charge is -2.27. The fourth-order valence-corrected chi connectivity index (χ4v) is 3.76. The zero-order valence-corrected chi connectivity index (χ0v) is 16.6. The number of anilines is 1. The summed E-state index contributed by atoms with van der Waals surface area (Å²) >= 11 is 0. The van der Waals surface area contributed by atoms with Gasteiger partial charge in [-0.05, 0) is 42.0 Å². The number of hydrogen-bond donors (Lipinski definition) is 2. The Labute approximate surface area is 168 Å². The van der Waals surface area contributed by atoms with Crippen molar-refractivity contribution in [2.24, 2.45) is 5.14 Å². The number of amides is 1. The van der Waals surface area contributed by atoms with Gasteiger partial charge in [-0.25, -0.2) is 13.6 Å². The summed E-state index contributed by atoms with van der Waals surface area (Å²) in [5.41, 5.74) is 0.905. The molecule has 1 aliphatic heterocycles. The summed E-state index contributed by atoms with van der Waals surface area (Å²) in [6, 6.07) is 11.2. The molecule has 0 aromatic heterocycles. The van der Waals surface area contributed by atoms with Crippen LogP contribution >= 0.6 is 0 Å². The zero-order chi connectivity index (χ0) is 21.3. The molecule has 29 heavy (non-hydrogen) atoms. The lowest BCUT2D eigenvalue weighted by atomic mass is 9.95. The number of rotatable bonds is 6. The molecule has 0 aliphatic carbocycles. The molecule has 0 saturated carbocycles. The van der Waals surface area contributed by atoms with E-state index in [1.807, 2.05) is 0 Å². The molecule has 1 heterocycles. The number of nitrogens with two attached hydrogens (primary N) is 1. The van der Waals surface area contributed by atoms with E-state index in [-0.39, 0.29) is 22.7 Å². The molecule has 0 radical (unpaired) electrons. The van der Waals surface area contributed by atoms with Crippen LogP contribution < -0.4 is 14.8 Å². The number of methoxy groups -OCH3 is 1. The quantitative estimate of drug-likeness (QED) is 0.743. The second kappa shape index (κ2) is 7.69. The van der Waals surface area contributed by atoms with E-state index < -0.39 is 27.7 Å². The highest BCUT2D eigenvalue weighted by molar-refractivity contribution is 7.89. The summed E-state index contributed by atoms with van der Waals surface area (Å²) < 4.78 is 28.1. The SMILES string of the molecule is CCC(=O)C1=C(O)C(=O)N(c2ccc(S(N)(=O)=O)cc2)C1c1ccc(OC)cc1. The lowest BCUT2D eigenvalue weighted by molar-refractivity contribution is -0.118. The van der Waals surface area contributed by atoms with Gasteiger partial charge < -0.3 is 9.84 Å². The summed E-state index contributed by atoms with van der Waals surface area (Å²) in [6.45, 7) is 1.64. The monoisotopic (exact) mass is 416 g/mol. The van der Waals surface area contributed by atoms with Gasteiger partial charge in [-0.1, -0.05) is 19.1 Å². The Kier molecular flexibility index (Phi) is 5.45. The molecule has 0 fully saturated rings. The van der Waals surface area contributed by atoms with Gasteiger partial charge in [0.25, 0.3) is 5.91 Å². The molecule has 152 valence electrons. The van der Waals surface area contributed by atoms with E-state index in [0.717, 1.165) is 0 Å². The van der Waals surface area contributed by atoms with Crippen LogP contribution in [-0.4, -0.2) is 32.3 Å². The number of carbonyl (C=O) groups is 2. The van der Waals surface area contributed by atoms with Gasteiger partial charge >= 0.3 is 0 Å². The van der Waals surface area contributed by atoms with Gasteiger partial charge in [0.2, 0.25) is 10.0 Å². The van der Waals surface area contributed by atoms with E-state index in [2.05, 4.69) is 0 Å². The molecule has 8 nitrogen and oxygen atoms in total. The second-order valence-corrected chi connectivity index (χ2v) is 7.99. The topological polar surface area (TPSA) is 127 Å². The Morgan fingerprint density at radius 1 is 1.14 bits per heavy atom. The van der Waals surface area contributed by atoms with E-state index in [0.29, 0.717) is 17.0 Å². The van der Waals surface area contributed by atoms with E-state index in [1.54, 1.807) is 31.2 Å². The van der Waals surface area contributed by atoms with Crippen molar-refractivity contribution in [3.05, 3.63) is 65.4 Å². The van der Waals surface area contributed by atoms with Gasteiger partial charge in [-0.2, -0.15) is 0 Å². The minimum Gasteiger partial charge on any atom is -0.503 e. The maximum absolute atomic E-state index is 12.8. The number of aliphatic hydroxyl groups is 1. The summed E-state index contributed by atoms with van der Waals surface area (Å²) in [6.07, 6.45) is 0.109. The molecule has 3 N–H and O–H groups in total. The largest absolute Gasteiger partial charge is 0.503 e. The fraction of sp³-hybridized carbons (Fsp3) is 0.200. The van der Waals surface area contributed by atoms with Gasteiger partial charge in [0.05, 0.1) is 23.6 Å². The number of Topliss-reactive ketones (excluding diaryl/α,β-unsaturated/α-hetero) is 1. The van der Waals surface area contributed by atoms with Crippen molar-refractivity contribution in [3.8, 4) is 5.75 Å². The Hall–Kier alpha value is -3.17. The smallest absolute Gasteiger partial charge is 0.294 e. The maximum atomic E-state index is 12.8. The molecule has 1 amide bonds. The number of ether oxygens (including phenoxy) is 1. The Morgan fingerprint density at radius 3 is 2.21 bits per heavy atom. The van der Waals surface area contributed by atoms with E-state index in [1.165, 1.54) is 36.3 Å². The Balaban J connectivity index is 2.13. The first-order valence-corrected chi connectivity index (χ1v) is 10.3. The van der Waals surface area contributed by atoms with Crippen molar-refractivity contribution in [1.82, 2.24) is 0 Å². The van der Waals surface area contributed by atoms with Gasteiger partial charge in [0.15, 0.2) is 11.5 Å². The van der Waals surface area contributed by atoms with E-state index >= 15 is 0 Å². The van der Waals surface area contributed by atoms with Crippen LogP contribution in [0, 0.1) is 0 Å². The van der Waals surface area contributed by atoms with Gasteiger partial charge in [-0.3, -0.25) is 14.5 Å². The zero-order valence-electron chi connectivity index (χ0n) is 15.8. The van der Waals surface area contributed by atoms with Crippen LogP contribution in [0.4, 0.5) is 5.69 Å². The number of aliphatic hydroxyl groups excluding tert-OH is 1. The summed E-state index contributed by atoms with van der Waals surface area (Å²) in [5, 5.41) is 15.6. The Bertz CT molecular complexity index is 1090. The van der Waals surface area contributed by atoms with Crippen LogP contribution in [0.15, 0.2) is 64.8 Å². The Morgan fingerprint density at radius 2 is 1.72 bits per heavy atom. The van der Waals surface area contributed by atoms with Crippen LogP contribution in [0.2, 0.25) is 0 Å². The molecular formula is C20H20N2O6S. The third-order valence-electron chi connectivity index (χ3n) is 4.70. The number of hydrogen-bond acceptors (Lipinski definition) is 6. The molecule has 2 aromatic rings. The molecule has 9 heteroatoms. The van der Waals surface area contributed by atoms with E-state index in [4.69, 9.17) is 9.88 Å². The first-order valence-electron chi connectivity index (χ1n) is 8.75. The van der Waals surface area contributed by atoms with Crippen LogP contribution in [0.3, 0.4) is 0 Å². The van der Waals surface area contributed by atoms with Crippen molar-refractivity contribution >= 4 is 27.4 Å². The predicted molar refractivity (Wildman–Crippen MR) is 106 cm³/mol. The van der Waals surface area contributed by atoms with Crippen molar-refractivity contribution in [3.63, 3.8) is 0 Å². The third kappa shape index (κ3) is 3.74. The molecule has 1 aliphatic rings. The lowest BCUT2D eigenvalue weighted by Crippen LogP contribution is -2.31. The molecule has 0 saturated heterocycles. The minimum atomic E-state index is -3.90. The summed E-state index contributed by atoms with van der Waals surface area (Å²) in [7, 11) is -2.38. The molecule has 1 atom stereocenters. The predicted octanol–water partition coefficient (Wildman–Crippen LogP) is 2.22. The number of ketones is 1. The molecule has 2 aromatic carbocycles.